The fourth-order valence-electron chi connectivity index (χ4n) is 6.70. The second-order valence-electron chi connectivity index (χ2n) is 14.1. The number of carbonyl (C=O) groups excluding carboxylic acids is 5. The smallest absolute Gasteiger partial charge is 0.303 e. The summed E-state index contributed by atoms with van der Waals surface area (Å²) in [6.07, 6.45) is 10.0. The number of para-hydroxylation sites is 2. The Morgan fingerprint density at radius 1 is 0.877 bits per heavy atom. The third kappa shape index (κ3) is 12.5. The number of benzene rings is 2. The first kappa shape index (κ1) is 41.6. The van der Waals surface area contributed by atoms with Gasteiger partial charge in [-0.25, -0.2) is 4.98 Å². The average Bonchev–Trinajstić information content (AvgIpc) is 3.62. The van der Waals surface area contributed by atoms with Crippen LogP contribution < -0.4 is 32.3 Å². The van der Waals surface area contributed by atoms with Gasteiger partial charge in [-0.2, -0.15) is 0 Å². The summed E-state index contributed by atoms with van der Waals surface area (Å²) in [5, 5.41) is 23.5. The van der Waals surface area contributed by atoms with Crippen molar-refractivity contribution in [1.82, 2.24) is 36.2 Å². The van der Waals surface area contributed by atoms with Gasteiger partial charge < -0.3 is 42.4 Å². The van der Waals surface area contributed by atoms with Gasteiger partial charge in [-0.1, -0.05) is 43.5 Å². The standard InChI is InChI=1S/C41H49N9O7/c42-39(57)41(21-5-1-6-22-41)50-38(56)33(17-9-18-35(52)53)47-37(55)32(16-4-7-24-44-34(51)20-19-27-11-10-23-43-26-27)46-36(54)28-12-8-13-29(25-28)45-40-48-30-14-2-3-15-31(30)49-40/h2-3,8,10-15,19-20,23,25-26,32-33H,1,4-7,9,16-18,21-22,24H2,(H2,42,57)(H,44,51)(H,46,54)(H,47,55)(H,50,56)(H,52,53)(H2,45,48,49)/b20-19+/t32-,33-/m0/s1. The number of aromatic nitrogens is 3. The van der Waals surface area contributed by atoms with E-state index < -0.39 is 47.2 Å². The number of amides is 5. The Hall–Kier alpha value is -6.58. The number of primary amides is 1. The lowest BCUT2D eigenvalue weighted by Crippen LogP contribution is -2.62. The number of carbonyl (C=O) groups is 6. The van der Waals surface area contributed by atoms with Gasteiger partial charge in [-0.05, 0) is 93.0 Å². The first-order chi connectivity index (χ1) is 27.5. The van der Waals surface area contributed by atoms with Gasteiger partial charge in [0, 0.05) is 42.7 Å². The predicted octanol–water partition coefficient (Wildman–Crippen LogP) is 3.84. The number of pyridine rings is 1. The summed E-state index contributed by atoms with van der Waals surface area (Å²) >= 11 is 0. The Morgan fingerprint density at radius 2 is 1.65 bits per heavy atom. The maximum absolute atomic E-state index is 14.0. The Kier molecular flexibility index (Phi) is 14.9. The lowest BCUT2D eigenvalue weighted by Gasteiger charge is -2.36. The van der Waals surface area contributed by atoms with E-state index in [2.05, 4.69) is 41.5 Å². The van der Waals surface area contributed by atoms with Crippen molar-refractivity contribution in [2.45, 2.75) is 88.3 Å². The van der Waals surface area contributed by atoms with Gasteiger partial charge in [0.05, 0.1) is 11.0 Å². The van der Waals surface area contributed by atoms with Crippen molar-refractivity contribution in [3.05, 3.63) is 90.3 Å². The normalized spacial score (nSPS) is 14.6. The number of nitrogens with one attached hydrogen (secondary N) is 6. The fraction of sp³-hybridized carbons (Fsp3) is 0.366. The summed E-state index contributed by atoms with van der Waals surface area (Å²) in [6, 6.07) is 15.4. The number of carboxylic acid groups (broad SMARTS) is 1. The Balaban J connectivity index is 1.28. The van der Waals surface area contributed by atoms with Gasteiger partial charge in [0.2, 0.25) is 29.6 Å². The van der Waals surface area contributed by atoms with E-state index in [-0.39, 0.29) is 37.2 Å². The third-order valence-electron chi connectivity index (χ3n) is 9.79. The number of hydrogen-bond donors (Lipinski definition) is 8. The quantitative estimate of drug-likeness (QED) is 0.0475. The minimum Gasteiger partial charge on any atom is -0.481 e. The molecule has 0 spiro atoms. The second kappa shape index (κ2) is 20.4. The summed E-state index contributed by atoms with van der Waals surface area (Å²) in [7, 11) is 0. The molecule has 300 valence electrons. The zero-order chi connectivity index (χ0) is 40.6. The van der Waals surface area contributed by atoms with E-state index in [1.165, 1.54) is 6.08 Å². The summed E-state index contributed by atoms with van der Waals surface area (Å²) in [6.45, 7) is 0.295. The van der Waals surface area contributed by atoms with Crippen LogP contribution in [-0.2, 0) is 24.0 Å². The van der Waals surface area contributed by atoms with Crippen LogP contribution in [0.15, 0.2) is 79.1 Å². The molecule has 0 aliphatic heterocycles. The number of aromatic amines is 1. The number of carboxylic acids is 1. The number of imidazole rings is 1. The molecule has 16 heteroatoms. The summed E-state index contributed by atoms with van der Waals surface area (Å²) in [5.74, 6) is -3.46. The molecule has 5 rings (SSSR count). The van der Waals surface area contributed by atoms with Crippen molar-refractivity contribution in [2.75, 3.05) is 11.9 Å². The van der Waals surface area contributed by atoms with E-state index in [0.29, 0.717) is 56.7 Å². The molecule has 0 unspecified atom stereocenters. The minimum absolute atomic E-state index is 0.0342. The highest BCUT2D eigenvalue weighted by atomic mass is 16.4. The molecule has 1 aliphatic rings. The van der Waals surface area contributed by atoms with Crippen LogP contribution in [0.1, 0.15) is 86.6 Å². The van der Waals surface area contributed by atoms with Crippen molar-refractivity contribution < 1.29 is 33.9 Å². The van der Waals surface area contributed by atoms with Crippen LogP contribution in [0, 0.1) is 0 Å². The predicted molar refractivity (Wildman–Crippen MR) is 214 cm³/mol. The molecule has 1 saturated carbocycles. The van der Waals surface area contributed by atoms with E-state index in [9.17, 15) is 33.9 Å². The van der Waals surface area contributed by atoms with E-state index in [4.69, 9.17) is 5.73 Å². The van der Waals surface area contributed by atoms with Crippen LogP contribution in [0.5, 0.6) is 0 Å². The van der Waals surface area contributed by atoms with Gasteiger partial charge in [0.1, 0.15) is 17.6 Å². The van der Waals surface area contributed by atoms with Crippen molar-refractivity contribution in [1.29, 1.82) is 0 Å². The molecule has 16 nitrogen and oxygen atoms in total. The number of hydrogen-bond acceptors (Lipinski definition) is 9. The molecule has 5 amide bonds. The molecule has 2 aromatic carbocycles. The third-order valence-corrected chi connectivity index (χ3v) is 9.79. The maximum Gasteiger partial charge on any atom is 0.303 e. The summed E-state index contributed by atoms with van der Waals surface area (Å²) < 4.78 is 0. The zero-order valence-electron chi connectivity index (χ0n) is 31.6. The molecular formula is C41H49N9O7. The highest BCUT2D eigenvalue weighted by Gasteiger charge is 2.41. The highest BCUT2D eigenvalue weighted by Crippen LogP contribution is 2.28. The molecule has 2 aromatic heterocycles. The Labute approximate surface area is 329 Å². The SMILES string of the molecule is NC(=O)C1(NC(=O)[C@H](CCCC(=O)O)NC(=O)[C@H](CCCCNC(=O)/C=C/c2cccnc2)NC(=O)c2cccc(Nc3nc4ccccc4[nH]3)c2)CCCCC1. The molecule has 9 N–H and O–H groups in total. The number of anilines is 2. The maximum atomic E-state index is 14.0. The van der Waals surface area contributed by atoms with Crippen LogP contribution in [0.2, 0.25) is 0 Å². The molecule has 0 saturated heterocycles. The van der Waals surface area contributed by atoms with Crippen LogP contribution >= 0.6 is 0 Å². The number of unbranched alkanes of at least 4 members (excludes halogenated alkanes) is 1. The molecule has 4 aromatic rings. The van der Waals surface area contributed by atoms with Crippen LogP contribution in [-0.4, -0.2) is 79.7 Å². The molecular weight excluding hydrogens is 731 g/mol. The van der Waals surface area contributed by atoms with Gasteiger partial charge in [0.15, 0.2) is 0 Å². The molecule has 1 aliphatic carbocycles. The monoisotopic (exact) mass is 779 g/mol. The fourth-order valence-corrected chi connectivity index (χ4v) is 6.70. The van der Waals surface area contributed by atoms with E-state index >= 15 is 0 Å². The van der Waals surface area contributed by atoms with Crippen molar-refractivity contribution in [2.24, 2.45) is 5.73 Å². The number of aliphatic carboxylic acids is 1. The summed E-state index contributed by atoms with van der Waals surface area (Å²) in [4.78, 5) is 89.4. The zero-order valence-corrected chi connectivity index (χ0v) is 31.6. The highest BCUT2D eigenvalue weighted by molar-refractivity contribution is 5.99. The van der Waals surface area contributed by atoms with Crippen molar-refractivity contribution in [3.63, 3.8) is 0 Å². The first-order valence-electron chi connectivity index (χ1n) is 19.1. The number of rotatable bonds is 20. The summed E-state index contributed by atoms with van der Waals surface area (Å²) in [5.41, 5.74) is 7.66. The molecule has 0 radical (unpaired) electrons. The number of fused-ring (bicyclic) bond motifs is 1. The molecule has 57 heavy (non-hydrogen) atoms. The van der Waals surface area contributed by atoms with E-state index in [1.54, 1.807) is 48.8 Å². The largest absolute Gasteiger partial charge is 0.481 e. The average molecular weight is 780 g/mol. The van der Waals surface area contributed by atoms with Crippen LogP contribution in [0.25, 0.3) is 17.1 Å². The Bertz CT molecular complexity index is 2030. The molecule has 0 bridgehead atoms. The number of nitrogens with two attached hydrogens (primary N) is 1. The van der Waals surface area contributed by atoms with Gasteiger partial charge in [0.25, 0.3) is 5.91 Å². The number of H-pyrrole nitrogens is 1. The second-order valence-corrected chi connectivity index (χ2v) is 14.1. The first-order valence-corrected chi connectivity index (χ1v) is 19.1. The van der Waals surface area contributed by atoms with Crippen LogP contribution in [0.4, 0.5) is 11.6 Å². The van der Waals surface area contributed by atoms with E-state index in [0.717, 1.165) is 23.0 Å². The van der Waals surface area contributed by atoms with Crippen LogP contribution in [0.3, 0.4) is 0 Å². The minimum atomic E-state index is -1.28. The molecule has 2 heterocycles. The molecule has 2 atom stereocenters. The van der Waals surface area contributed by atoms with Gasteiger partial charge in [-0.3, -0.25) is 33.8 Å². The van der Waals surface area contributed by atoms with Crippen molar-refractivity contribution >= 4 is 64.3 Å². The molecule has 1 fully saturated rings. The number of nitrogens with zero attached hydrogens (tertiary/aromatic N) is 2. The lowest BCUT2D eigenvalue weighted by atomic mass is 9.80. The van der Waals surface area contributed by atoms with Crippen molar-refractivity contribution in [3.8, 4) is 0 Å². The van der Waals surface area contributed by atoms with Gasteiger partial charge in [-0.15, -0.1) is 0 Å². The van der Waals surface area contributed by atoms with Gasteiger partial charge >= 0.3 is 5.97 Å². The Morgan fingerprint density at radius 3 is 2.39 bits per heavy atom. The lowest BCUT2D eigenvalue weighted by molar-refractivity contribution is -0.137. The van der Waals surface area contributed by atoms with E-state index in [1.807, 2.05) is 30.3 Å². The topological polar surface area (TPSA) is 250 Å².